The molecule has 2 heterocycles. The van der Waals surface area contributed by atoms with Crippen molar-refractivity contribution in [3.63, 3.8) is 0 Å². The molecule has 3 aromatic rings. The molecule has 10 nitrogen and oxygen atoms in total. The van der Waals surface area contributed by atoms with E-state index in [0.717, 1.165) is 12.8 Å². The van der Waals surface area contributed by atoms with E-state index in [9.17, 15) is 14.0 Å². The number of rotatable bonds is 7. The molecule has 1 saturated carbocycles. The summed E-state index contributed by atoms with van der Waals surface area (Å²) in [5.74, 6) is -0.789. The van der Waals surface area contributed by atoms with Crippen LogP contribution in [-0.2, 0) is 4.74 Å². The average molecular weight is 482 g/mol. The van der Waals surface area contributed by atoms with Gasteiger partial charge < -0.3 is 25.7 Å². The number of alkyl carbamates (subject to hydrolysis) is 1. The second kappa shape index (κ2) is 8.97. The van der Waals surface area contributed by atoms with Crippen LogP contribution in [0.15, 0.2) is 30.6 Å². The maximum absolute atomic E-state index is 13.6. The van der Waals surface area contributed by atoms with Crippen molar-refractivity contribution in [2.75, 3.05) is 18.9 Å². The number of benzene rings is 1. The number of nitrogens with zero attached hydrogens (tertiary/aromatic N) is 2. The molecule has 4 rings (SSSR count). The SMILES string of the molecule is CNc1cc(F)ccc1C(=N)c1cnc2[nH]cc(C(=O)NC3(CNC(=O)OC(C)(C)C)CC3)c2n1. The van der Waals surface area contributed by atoms with Crippen LogP contribution in [0.4, 0.5) is 14.9 Å². The summed E-state index contributed by atoms with van der Waals surface area (Å²) in [6.07, 6.45) is 3.84. The number of aromatic amines is 1. The number of H-pyrrole nitrogens is 1. The summed E-state index contributed by atoms with van der Waals surface area (Å²) in [4.78, 5) is 36.8. The molecule has 1 aliphatic rings. The Morgan fingerprint density at radius 3 is 2.66 bits per heavy atom. The third-order valence-electron chi connectivity index (χ3n) is 5.60. The zero-order valence-electron chi connectivity index (χ0n) is 20.0. The van der Waals surface area contributed by atoms with Crippen LogP contribution in [0.3, 0.4) is 0 Å². The van der Waals surface area contributed by atoms with E-state index in [1.807, 2.05) is 0 Å². The fourth-order valence-corrected chi connectivity index (χ4v) is 3.62. The van der Waals surface area contributed by atoms with Gasteiger partial charge in [-0.2, -0.15) is 0 Å². The Bertz CT molecular complexity index is 1310. The van der Waals surface area contributed by atoms with Crippen LogP contribution >= 0.6 is 0 Å². The Balaban J connectivity index is 1.52. The van der Waals surface area contributed by atoms with Crippen LogP contribution in [0.5, 0.6) is 0 Å². The van der Waals surface area contributed by atoms with Crippen LogP contribution in [0, 0.1) is 11.2 Å². The highest BCUT2D eigenvalue weighted by atomic mass is 19.1. The average Bonchev–Trinajstić information content (AvgIpc) is 3.42. The molecule has 184 valence electrons. The van der Waals surface area contributed by atoms with E-state index < -0.39 is 23.1 Å². The molecule has 5 N–H and O–H groups in total. The van der Waals surface area contributed by atoms with Crippen LogP contribution in [-0.4, -0.2) is 57.4 Å². The second-order valence-corrected chi connectivity index (χ2v) is 9.56. The maximum atomic E-state index is 13.6. The van der Waals surface area contributed by atoms with E-state index in [-0.39, 0.29) is 29.4 Å². The number of hydrogen-bond acceptors (Lipinski definition) is 7. The molecule has 0 aliphatic heterocycles. The Labute approximate surface area is 201 Å². The molecule has 0 radical (unpaired) electrons. The molecule has 0 bridgehead atoms. The van der Waals surface area contributed by atoms with Gasteiger partial charge in [-0.05, 0) is 51.8 Å². The van der Waals surface area contributed by atoms with Gasteiger partial charge in [-0.1, -0.05) is 0 Å². The van der Waals surface area contributed by atoms with Crippen molar-refractivity contribution >= 4 is 34.6 Å². The first-order chi connectivity index (χ1) is 16.5. The normalized spacial score (nSPS) is 14.3. The first kappa shape index (κ1) is 24.1. The van der Waals surface area contributed by atoms with Crippen molar-refractivity contribution in [3.05, 3.63) is 53.2 Å². The van der Waals surface area contributed by atoms with Crippen molar-refractivity contribution < 1.29 is 18.7 Å². The van der Waals surface area contributed by atoms with Crippen LogP contribution in [0.1, 0.15) is 55.2 Å². The number of halogens is 1. The molecule has 1 aliphatic carbocycles. The Morgan fingerprint density at radius 1 is 1.26 bits per heavy atom. The van der Waals surface area contributed by atoms with Crippen molar-refractivity contribution in [1.82, 2.24) is 25.6 Å². The monoisotopic (exact) mass is 481 g/mol. The van der Waals surface area contributed by atoms with Crippen LogP contribution in [0.2, 0.25) is 0 Å². The van der Waals surface area contributed by atoms with Gasteiger partial charge in [-0.15, -0.1) is 0 Å². The van der Waals surface area contributed by atoms with E-state index in [2.05, 4.69) is 30.9 Å². The molecule has 35 heavy (non-hydrogen) atoms. The van der Waals surface area contributed by atoms with Gasteiger partial charge in [0, 0.05) is 31.0 Å². The zero-order chi connectivity index (χ0) is 25.4. The van der Waals surface area contributed by atoms with Crippen molar-refractivity contribution in [2.45, 2.75) is 44.8 Å². The third kappa shape index (κ3) is 5.39. The lowest BCUT2D eigenvalue weighted by atomic mass is 10.1. The smallest absolute Gasteiger partial charge is 0.407 e. The molecule has 11 heteroatoms. The number of fused-ring (bicyclic) bond motifs is 1. The van der Waals surface area contributed by atoms with E-state index in [0.29, 0.717) is 22.4 Å². The van der Waals surface area contributed by atoms with E-state index in [1.165, 1.54) is 30.6 Å². The number of ether oxygens (including phenoxy) is 1. The number of amides is 2. The predicted octanol–water partition coefficient (Wildman–Crippen LogP) is 3.34. The fourth-order valence-electron chi connectivity index (χ4n) is 3.62. The Hall–Kier alpha value is -4.02. The summed E-state index contributed by atoms with van der Waals surface area (Å²) < 4.78 is 18.9. The largest absolute Gasteiger partial charge is 0.444 e. The molecule has 0 atom stereocenters. The summed E-state index contributed by atoms with van der Waals surface area (Å²) in [6.45, 7) is 5.59. The highest BCUT2D eigenvalue weighted by Gasteiger charge is 2.45. The minimum atomic E-state index is -0.611. The highest BCUT2D eigenvalue weighted by molar-refractivity contribution is 6.14. The van der Waals surface area contributed by atoms with Gasteiger partial charge in [0.05, 0.1) is 23.0 Å². The van der Waals surface area contributed by atoms with Gasteiger partial charge >= 0.3 is 6.09 Å². The van der Waals surface area contributed by atoms with Gasteiger partial charge in [0.25, 0.3) is 5.91 Å². The molecule has 0 saturated heterocycles. The number of nitrogens with one attached hydrogen (secondary N) is 5. The third-order valence-corrected chi connectivity index (χ3v) is 5.60. The lowest BCUT2D eigenvalue weighted by molar-refractivity contribution is 0.0517. The predicted molar refractivity (Wildman–Crippen MR) is 129 cm³/mol. The minimum Gasteiger partial charge on any atom is -0.444 e. The van der Waals surface area contributed by atoms with Crippen LogP contribution < -0.4 is 16.0 Å². The number of hydrogen-bond donors (Lipinski definition) is 5. The summed E-state index contributed by atoms with van der Waals surface area (Å²) in [5, 5.41) is 17.1. The molecule has 0 unspecified atom stereocenters. The Morgan fingerprint density at radius 2 is 2.00 bits per heavy atom. The van der Waals surface area contributed by atoms with Crippen molar-refractivity contribution in [1.29, 1.82) is 5.41 Å². The van der Waals surface area contributed by atoms with E-state index >= 15 is 0 Å². The lowest BCUT2D eigenvalue weighted by Crippen LogP contribution is -2.46. The molecule has 1 fully saturated rings. The minimum absolute atomic E-state index is 0.0385. The number of anilines is 1. The first-order valence-corrected chi connectivity index (χ1v) is 11.2. The van der Waals surface area contributed by atoms with Crippen molar-refractivity contribution in [2.24, 2.45) is 0 Å². The molecule has 2 amide bonds. The second-order valence-electron chi connectivity index (χ2n) is 9.56. The summed E-state index contributed by atoms with van der Waals surface area (Å²) >= 11 is 0. The molecular weight excluding hydrogens is 453 g/mol. The highest BCUT2D eigenvalue weighted by Crippen LogP contribution is 2.35. The summed E-state index contributed by atoms with van der Waals surface area (Å²) in [6, 6.07) is 4.06. The van der Waals surface area contributed by atoms with Gasteiger partial charge in [0.15, 0.2) is 5.65 Å². The lowest BCUT2D eigenvalue weighted by Gasteiger charge is -2.22. The van der Waals surface area contributed by atoms with E-state index in [4.69, 9.17) is 10.1 Å². The van der Waals surface area contributed by atoms with Gasteiger partial charge in [-0.3, -0.25) is 10.2 Å². The van der Waals surface area contributed by atoms with E-state index in [1.54, 1.807) is 27.8 Å². The fraction of sp³-hybridized carbons (Fsp3) is 0.375. The number of carbonyl (C=O) groups is 2. The van der Waals surface area contributed by atoms with Gasteiger partial charge in [0.2, 0.25) is 0 Å². The maximum Gasteiger partial charge on any atom is 0.407 e. The molecule has 1 aromatic carbocycles. The molecule has 0 spiro atoms. The van der Waals surface area contributed by atoms with Crippen LogP contribution in [0.25, 0.3) is 11.2 Å². The van der Waals surface area contributed by atoms with Crippen molar-refractivity contribution in [3.8, 4) is 0 Å². The summed E-state index contributed by atoms with van der Waals surface area (Å²) in [5.41, 5.74) is 0.999. The van der Waals surface area contributed by atoms with Gasteiger partial charge in [0.1, 0.15) is 22.6 Å². The zero-order valence-corrected chi connectivity index (χ0v) is 20.0. The number of aromatic nitrogens is 3. The quantitative estimate of drug-likeness (QED) is 0.327. The number of carbonyl (C=O) groups excluding carboxylic acids is 2. The Kier molecular flexibility index (Phi) is 6.18. The standard InChI is InChI=1S/C24H28FN7O3/c1-23(2,3)35-22(34)30-12-24(7-8-24)32-21(33)15-10-28-20-19(15)31-17(11-29-20)18(26)14-6-5-13(25)9-16(14)27-4/h5-6,9-11,26-27H,7-8,12H2,1-4H3,(H,28,29)(H,30,34)(H,32,33). The summed E-state index contributed by atoms with van der Waals surface area (Å²) in [7, 11) is 1.64. The topological polar surface area (TPSA) is 145 Å². The molecule has 2 aromatic heterocycles. The molecular formula is C24H28FN7O3. The van der Waals surface area contributed by atoms with Gasteiger partial charge in [-0.25, -0.2) is 19.2 Å². The first-order valence-electron chi connectivity index (χ1n) is 11.2.